The molecule has 0 bridgehead atoms. The number of rotatable bonds is 9. The first-order chi connectivity index (χ1) is 12.7. The Morgan fingerprint density at radius 3 is 2.33 bits per heavy atom. The van der Waals surface area contributed by atoms with Gasteiger partial charge in [0.2, 0.25) is 0 Å². The number of alkyl carbamates (subject to hydrolysis) is 2. The van der Waals surface area contributed by atoms with Crippen LogP contribution in [-0.2, 0) is 20.9 Å². The topological polar surface area (TPSA) is 117 Å². The van der Waals surface area contributed by atoms with Gasteiger partial charge in [-0.3, -0.25) is 0 Å². The Balaban J connectivity index is 2.21. The first-order valence-electron chi connectivity index (χ1n) is 8.82. The second-order valence-electron chi connectivity index (χ2n) is 7.00. The lowest BCUT2D eigenvalue weighted by Gasteiger charge is -2.24. The van der Waals surface area contributed by atoms with Gasteiger partial charge >= 0.3 is 12.2 Å². The van der Waals surface area contributed by atoms with Crippen molar-refractivity contribution in [3.05, 3.63) is 35.9 Å². The van der Waals surface area contributed by atoms with Gasteiger partial charge in [-0.15, -0.1) is 0 Å². The lowest BCUT2D eigenvalue weighted by Crippen LogP contribution is -2.49. The summed E-state index contributed by atoms with van der Waals surface area (Å²) in [4.78, 5) is 34.4. The van der Waals surface area contributed by atoms with Gasteiger partial charge in [-0.2, -0.15) is 0 Å². The van der Waals surface area contributed by atoms with Crippen molar-refractivity contribution in [3.63, 3.8) is 0 Å². The van der Waals surface area contributed by atoms with Crippen molar-refractivity contribution in [1.29, 1.82) is 0 Å². The minimum atomic E-state index is -1.38. The molecule has 1 rings (SSSR count). The van der Waals surface area contributed by atoms with Crippen molar-refractivity contribution in [1.82, 2.24) is 10.6 Å². The Morgan fingerprint density at radius 1 is 1.07 bits per heavy atom. The van der Waals surface area contributed by atoms with Crippen LogP contribution >= 0.6 is 0 Å². The lowest BCUT2D eigenvalue weighted by molar-refractivity contribution is -0.308. The number of carboxylic acids is 1. The van der Waals surface area contributed by atoms with Crippen LogP contribution in [0, 0.1) is 0 Å². The van der Waals surface area contributed by atoms with Crippen LogP contribution in [0.5, 0.6) is 0 Å². The first kappa shape index (κ1) is 22.3. The second kappa shape index (κ2) is 11.1. The average Bonchev–Trinajstić information content (AvgIpc) is 2.57. The van der Waals surface area contributed by atoms with Crippen molar-refractivity contribution >= 4 is 18.2 Å². The van der Waals surface area contributed by atoms with Gasteiger partial charge in [0.1, 0.15) is 12.2 Å². The van der Waals surface area contributed by atoms with E-state index in [1.54, 1.807) is 20.8 Å². The summed E-state index contributed by atoms with van der Waals surface area (Å²) in [6, 6.07) is 8.15. The predicted octanol–water partition coefficient (Wildman–Crippen LogP) is 1.73. The third kappa shape index (κ3) is 10.7. The molecule has 0 saturated heterocycles. The predicted molar refractivity (Wildman–Crippen MR) is 96.6 cm³/mol. The molecule has 150 valence electrons. The molecule has 2 N–H and O–H groups in total. The number of amides is 2. The molecule has 0 fully saturated rings. The van der Waals surface area contributed by atoms with Gasteiger partial charge in [-0.1, -0.05) is 30.3 Å². The van der Waals surface area contributed by atoms with Gasteiger partial charge in [-0.25, -0.2) is 9.59 Å². The van der Waals surface area contributed by atoms with Crippen molar-refractivity contribution in [2.24, 2.45) is 0 Å². The van der Waals surface area contributed by atoms with E-state index >= 15 is 0 Å². The van der Waals surface area contributed by atoms with Crippen LogP contribution in [0.25, 0.3) is 0 Å². The summed E-state index contributed by atoms with van der Waals surface area (Å²) in [6.45, 7) is 5.56. The normalized spacial score (nSPS) is 12.0. The summed E-state index contributed by atoms with van der Waals surface area (Å²) in [5, 5.41) is 16.0. The molecule has 0 radical (unpaired) electrons. The number of carbonyl (C=O) groups excluding carboxylic acids is 3. The lowest BCUT2D eigenvalue weighted by atomic mass is 10.1. The number of benzene rings is 1. The van der Waals surface area contributed by atoms with E-state index in [0.29, 0.717) is 19.4 Å². The smallest absolute Gasteiger partial charge is 0.408 e. The highest BCUT2D eigenvalue weighted by atomic mass is 16.6. The van der Waals surface area contributed by atoms with Crippen LogP contribution in [0.2, 0.25) is 0 Å². The molecule has 1 atom stereocenters. The Labute approximate surface area is 159 Å². The average molecular weight is 379 g/mol. The molecule has 1 aromatic carbocycles. The molecule has 0 aromatic heterocycles. The fraction of sp³-hybridized carbons (Fsp3) is 0.526. The zero-order valence-corrected chi connectivity index (χ0v) is 15.9. The van der Waals surface area contributed by atoms with E-state index in [1.807, 2.05) is 30.3 Å². The van der Waals surface area contributed by atoms with Crippen LogP contribution in [0.15, 0.2) is 30.3 Å². The van der Waals surface area contributed by atoms with E-state index in [4.69, 9.17) is 9.47 Å². The van der Waals surface area contributed by atoms with E-state index in [-0.39, 0.29) is 13.0 Å². The van der Waals surface area contributed by atoms with Crippen molar-refractivity contribution in [2.45, 2.75) is 58.3 Å². The maximum Gasteiger partial charge on any atom is 0.408 e. The minimum absolute atomic E-state index is 0.169. The minimum Gasteiger partial charge on any atom is -0.548 e. The Kier molecular flexibility index (Phi) is 9.12. The Bertz CT molecular complexity index is 612. The molecule has 0 spiro atoms. The van der Waals surface area contributed by atoms with Crippen LogP contribution in [0.1, 0.15) is 45.6 Å². The van der Waals surface area contributed by atoms with Gasteiger partial charge in [0, 0.05) is 6.54 Å². The number of hydrogen-bond donors (Lipinski definition) is 2. The van der Waals surface area contributed by atoms with Gasteiger partial charge < -0.3 is 30.0 Å². The SMILES string of the molecule is CC(C)(C)OC(=O)N[C@H](CCCCNC(=O)OCc1ccccc1)C(=O)[O-]. The molecule has 2 amide bonds. The third-order valence-electron chi connectivity index (χ3n) is 3.38. The summed E-state index contributed by atoms with van der Waals surface area (Å²) in [7, 11) is 0. The molecule has 8 nitrogen and oxygen atoms in total. The maximum atomic E-state index is 11.6. The third-order valence-corrected chi connectivity index (χ3v) is 3.38. The number of carbonyl (C=O) groups is 3. The highest BCUT2D eigenvalue weighted by Gasteiger charge is 2.19. The van der Waals surface area contributed by atoms with E-state index in [2.05, 4.69) is 10.6 Å². The molecule has 27 heavy (non-hydrogen) atoms. The van der Waals surface area contributed by atoms with Crippen LogP contribution in [-0.4, -0.2) is 36.3 Å². The Hall–Kier alpha value is -2.77. The summed E-state index contributed by atoms with van der Waals surface area (Å²) in [5.74, 6) is -1.38. The van der Waals surface area contributed by atoms with E-state index in [0.717, 1.165) is 5.56 Å². The fourth-order valence-corrected chi connectivity index (χ4v) is 2.14. The van der Waals surface area contributed by atoms with Crippen molar-refractivity contribution in [3.8, 4) is 0 Å². The summed E-state index contributed by atoms with van der Waals surface area (Å²) in [6.07, 6.45) is -0.183. The summed E-state index contributed by atoms with van der Waals surface area (Å²) >= 11 is 0. The molecule has 0 unspecified atom stereocenters. The molecule has 0 aliphatic carbocycles. The summed E-state index contributed by atoms with van der Waals surface area (Å²) < 4.78 is 10.1. The number of nitrogens with one attached hydrogen (secondary N) is 2. The van der Waals surface area contributed by atoms with Gasteiger partial charge in [0.25, 0.3) is 0 Å². The fourth-order valence-electron chi connectivity index (χ4n) is 2.14. The quantitative estimate of drug-likeness (QED) is 0.631. The monoisotopic (exact) mass is 379 g/mol. The van der Waals surface area contributed by atoms with Gasteiger partial charge in [0.15, 0.2) is 0 Å². The largest absolute Gasteiger partial charge is 0.548 e. The number of ether oxygens (including phenoxy) is 2. The highest BCUT2D eigenvalue weighted by molar-refractivity contribution is 5.78. The summed E-state index contributed by atoms with van der Waals surface area (Å²) in [5.41, 5.74) is 0.169. The molecule has 0 aliphatic heterocycles. The molecule has 1 aromatic rings. The number of hydrogen-bond acceptors (Lipinski definition) is 6. The molecule has 0 saturated carbocycles. The first-order valence-corrected chi connectivity index (χ1v) is 8.82. The number of unbranched alkanes of at least 4 members (excludes halogenated alkanes) is 1. The van der Waals surface area contributed by atoms with Crippen LogP contribution in [0.3, 0.4) is 0 Å². The molecule has 8 heteroatoms. The van der Waals surface area contributed by atoms with E-state index in [1.165, 1.54) is 0 Å². The van der Waals surface area contributed by atoms with Crippen LogP contribution in [0.4, 0.5) is 9.59 Å². The van der Waals surface area contributed by atoms with Crippen molar-refractivity contribution < 1.29 is 29.0 Å². The van der Waals surface area contributed by atoms with Gasteiger partial charge in [-0.05, 0) is 45.6 Å². The van der Waals surface area contributed by atoms with Crippen molar-refractivity contribution in [2.75, 3.05) is 6.54 Å². The zero-order valence-electron chi connectivity index (χ0n) is 15.9. The van der Waals surface area contributed by atoms with Gasteiger partial charge in [0.05, 0.1) is 12.0 Å². The molecule has 0 aliphatic rings. The van der Waals surface area contributed by atoms with Crippen LogP contribution < -0.4 is 15.7 Å². The molecular formula is C19H27N2O6-. The number of aliphatic carboxylic acids is 1. The standard InChI is InChI=1S/C19H28N2O6/c1-19(2,3)27-18(25)21-15(16(22)23)11-7-8-12-20-17(24)26-13-14-9-5-4-6-10-14/h4-6,9-10,15H,7-8,11-13H2,1-3H3,(H,20,24)(H,21,25)(H,22,23)/p-1/t15-/m1/s1. The number of carboxylic acid groups (broad SMARTS) is 1. The van der Waals surface area contributed by atoms with E-state index < -0.39 is 29.8 Å². The maximum absolute atomic E-state index is 11.6. The van der Waals surface area contributed by atoms with E-state index in [9.17, 15) is 19.5 Å². The molecular weight excluding hydrogens is 352 g/mol. The molecule has 0 heterocycles. The highest BCUT2D eigenvalue weighted by Crippen LogP contribution is 2.08. The zero-order chi connectivity index (χ0) is 20.3. The second-order valence-corrected chi connectivity index (χ2v) is 7.00. The Morgan fingerprint density at radius 2 is 1.74 bits per heavy atom.